The Hall–Kier alpha value is -1.35. The van der Waals surface area contributed by atoms with Crippen LogP contribution in [0.4, 0.5) is 0 Å². The highest BCUT2D eigenvalue weighted by Crippen LogP contribution is 2.47. The first-order valence-electron chi connectivity index (χ1n) is 9.88. The first-order chi connectivity index (χ1) is 11.8. The third kappa shape index (κ3) is 4.25. The maximum absolute atomic E-state index is 11.6. The predicted octanol–water partition coefficient (Wildman–Crippen LogP) is 4.43. The molecule has 3 heteroatoms. The van der Waals surface area contributed by atoms with E-state index in [1.165, 1.54) is 56.4 Å². The summed E-state index contributed by atoms with van der Waals surface area (Å²) in [6, 6.07) is 9.02. The zero-order valence-corrected chi connectivity index (χ0v) is 16.4. The number of carbonyl (C=O) groups excluding carboxylic acids is 1. The predicted molar refractivity (Wildman–Crippen MR) is 104 cm³/mol. The highest BCUT2D eigenvalue weighted by molar-refractivity contribution is 5.73. The molecule has 1 aromatic carbocycles. The molecule has 25 heavy (non-hydrogen) atoms. The van der Waals surface area contributed by atoms with Gasteiger partial charge >= 0.3 is 0 Å². The maximum Gasteiger partial charge on any atom is 0.217 e. The molecule has 1 aromatic rings. The van der Waals surface area contributed by atoms with Crippen LogP contribution in [-0.4, -0.2) is 30.4 Å². The number of nitrogens with one attached hydrogen (secondary N) is 1. The number of likely N-dealkylation sites (tertiary alicyclic amines) is 1. The van der Waals surface area contributed by atoms with Crippen molar-refractivity contribution in [3.05, 3.63) is 35.4 Å². The van der Waals surface area contributed by atoms with Gasteiger partial charge in [0.2, 0.25) is 5.91 Å². The second-order valence-electron chi connectivity index (χ2n) is 9.31. The monoisotopic (exact) mass is 342 g/mol. The Morgan fingerprint density at radius 2 is 1.88 bits per heavy atom. The number of carbonyl (C=O) groups is 1. The fourth-order valence-corrected chi connectivity index (χ4v) is 4.61. The zero-order chi connectivity index (χ0) is 18.1. The molecule has 3 nitrogen and oxygen atoms in total. The molecule has 1 fully saturated rings. The molecule has 1 unspecified atom stereocenters. The average Bonchev–Trinajstić information content (AvgIpc) is 2.56. The Balaban J connectivity index is 1.72. The first kappa shape index (κ1) is 18.4. The lowest BCUT2D eigenvalue weighted by molar-refractivity contribution is -0.119. The molecule has 3 rings (SSSR count). The number of fused-ring (bicyclic) bond motifs is 2. The standard InChI is InChI=1S/C22H34N2O/c1-17(25)23-20-9-10-22(19-8-6-5-7-18(19)20)12-15-24(16-13-22)14-11-21(2,3)4/h5-8,20H,9-16H2,1-4H3,(H,23,25). The Morgan fingerprint density at radius 3 is 2.52 bits per heavy atom. The first-order valence-corrected chi connectivity index (χ1v) is 9.88. The Labute approximate surface area is 153 Å². The smallest absolute Gasteiger partial charge is 0.217 e. The van der Waals surface area contributed by atoms with Crippen LogP contribution in [-0.2, 0) is 10.2 Å². The summed E-state index contributed by atoms with van der Waals surface area (Å²) in [5.41, 5.74) is 3.59. The van der Waals surface area contributed by atoms with Gasteiger partial charge in [0.15, 0.2) is 0 Å². The fraction of sp³-hybridized carbons (Fsp3) is 0.682. The van der Waals surface area contributed by atoms with Crippen molar-refractivity contribution < 1.29 is 4.79 Å². The van der Waals surface area contributed by atoms with Crippen molar-refractivity contribution in [1.82, 2.24) is 10.2 Å². The van der Waals surface area contributed by atoms with Crippen molar-refractivity contribution in [3.8, 4) is 0 Å². The number of hydrogen-bond donors (Lipinski definition) is 1. The van der Waals surface area contributed by atoms with Gasteiger partial charge < -0.3 is 10.2 Å². The second kappa shape index (κ2) is 7.11. The maximum atomic E-state index is 11.6. The summed E-state index contributed by atoms with van der Waals surface area (Å²) < 4.78 is 0. The highest BCUT2D eigenvalue weighted by Gasteiger charge is 2.41. The molecule has 1 saturated heterocycles. The van der Waals surface area contributed by atoms with E-state index in [4.69, 9.17) is 0 Å². The number of hydrogen-bond acceptors (Lipinski definition) is 2. The van der Waals surface area contributed by atoms with E-state index in [1.807, 2.05) is 0 Å². The van der Waals surface area contributed by atoms with E-state index in [-0.39, 0.29) is 11.9 Å². The second-order valence-corrected chi connectivity index (χ2v) is 9.31. The molecule has 1 spiro atoms. The summed E-state index contributed by atoms with van der Waals surface area (Å²) in [6.45, 7) is 12.2. The normalized spacial score (nSPS) is 23.3. The summed E-state index contributed by atoms with van der Waals surface area (Å²) in [5, 5.41) is 3.16. The van der Waals surface area contributed by atoms with E-state index in [2.05, 4.69) is 55.3 Å². The molecule has 0 bridgehead atoms. The number of piperidine rings is 1. The van der Waals surface area contributed by atoms with Gasteiger partial charge in [0.05, 0.1) is 6.04 Å². The third-order valence-electron chi connectivity index (χ3n) is 6.19. The van der Waals surface area contributed by atoms with E-state index < -0.39 is 0 Å². The molecular formula is C22H34N2O. The topological polar surface area (TPSA) is 32.3 Å². The van der Waals surface area contributed by atoms with Gasteiger partial charge in [0.1, 0.15) is 0 Å². The summed E-state index contributed by atoms with van der Waals surface area (Å²) in [5.74, 6) is 0.0766. The van der Waals surface area contributed by atoms with Crippen LogP contribution in [0.3, 0.4) is 0 Å². The van der Waals surface area contributed by atoms with E-state index >= 15 is 0 Å². The van der Waals surface area contributed by atoms with Crippen molar-refractivity contribution in [2.45, 2.75) is 71.3 Å². The fourth-order valence-electron chi connectivity index (χ4n) is 4.61. The van der Waals surface area contributed by atoms with Gasteiger partial charge in [-0.15, -0.1) is 0 Å². The van der Waals surface area contributed by atoms with Crippen molar-refractivity contribution in [2.24, 2.45) is 5.41 Å². The average molecular weight is 343 g/mol. The lowest BCUT2D eigenvalue weighted by atomic mass is 9.63. The molecule has 138 valence electrons. The van der Waals surface area contributed by atoms with Crippen LogP contribution in [0.5, 0.6) is 0 Å². The highest BCUT2D eigenvalue weighted by atomic mass is 16.1. The van der Waals surface area contributed by atoms with Gasteiger partial charge in [0.25, 0.3) is 0 Å². The largest absolute Gasteiger partial charge is 0.350 e. The van der Waals surface area contributed by atoms with Crippen molar-refractivity contribution in [2.75, 3.05) is 19.6 Å². The number of amides is 1. The summed E-state index contributed by atoms with van der Waals surface area (Å²) >= 11 is 0. The number of rotatable bonds is 3. The third-order valence-corrected chi connectivity index (χ3v) is 6.19. The van der Waals surface area contributed by atoms with Crippen LogP contribution in [0.2, 0.25) is 0 Å². The summed E-state index contributed by atoms with van der Waals surface area (Å²) in [4.78, 5) is 14.2. The molecule has 1 atom stereocenters. The van der Waals surface area contributed by atoms with Gasteiger partial charge in [-0.1, -0.05) is 45.0 Å². The molecular weight excluding hydrogens is 308 g/mol. The molecule has 0 radical (unpaired) electrons. The summed E-state index contributed by atoms with van der Waals surface area (Å²) in [6.07, 6.45) is 6.03. The minimum Gasteiger partial charge on any atom is -0.350 e. The molecule has 1 N–H and O–H groups in total. The number of nitrogens with zero attached hydrogens (tertiary/aromatic N) is 1. The van der Waals surface area contributed by atoms with Gasteiger partial charge in [0, 0.05) is 6.92 Å². The van der Waals surface area contributed by atoms with Gasteiger partial charge in [-0.2, -0.15) is 0 Å². The lowest BCUT2D eigenvalue weighted by Crippen LogP contribution is -2.46. The van der Waals surface area contributed by atoms with Gasteiger partial charge in [-0.05, 0) is 73.7 Å². The minimum absolute atomic E-state index is 0.0766. The van der Waals surface area contributed by atoms with E-state index in [0.717, 1.165) is 6.42 Å². The molecule has 1 amide bonds. The minimum atomic E-state index is 0.0766. The van der Waals surface area contributed by atoms with Crippen LogP contribution in [0, 0.1) is 5.41 Å². The van der Waals surface area contributed by atoms with Gasteiger partial charge in [-0.25, -0.2) is 0 Å². The Morgan fingerprint density at radius 1 is 1.20 bits per heavy atom. The van der Waals surface area contributed by atoms with Crippen LogP contribution >= 0.6 is 0 Å². The van der Waals surface area contributed by atoms with Crippen molar-refractivity contribution in [1.29, 1.82) is 0 Å². The lowest BCUT2D eigenvalue weighted by Gasteiger charge is -2.47. The molecule has 1 aliphatic carbocycles. The summed E-state index contributed by atoms with van der Waals surface area (Å²) in [7, 11) is 0. The van der Waals surface area contributed by atoms with E-state index in [0.29, 0.717) is 10.8 Å². The SMILES string of the molecule is CC(=O)NC1CCC2(CCN(CCC(C)(C)C)CC2)c2ccccc21. The zero-order valence-electron chi connectivity index (χ0n) is 16.4. The molecule has 1 aliphatic heterocycles. The van der Waals surface area contributed by atoms with Crippen LogP contribution in [0.15, 0.2) is 24.3 Å². The van der Waals surface area contributed by atoms with E-state index in [1.54, 1.807) is 6.92 Å². The van der Waals surface area contributed by atoms with E-state index in [9.17, 15) is 4.79 Å². The van der Waals surface area contributed by atoms with Gasteiger partial charge in [-0.3, -0.25) is 4.79 Å². The van der Waals surface area contributed by atoms with Crippen LogP contribution < -0.4 is 5.32 Å². The van der Waals surface area contributed by atoms with Crippen molar-refractivity contribution in [3.63, 3.8) is 0 Å². The Bertz CT molecular complexity index is 609. The van der Waals surface area contributed by atoms with Crippen molar-refractivity contribution >= 4 is 5.91 Å². The quantitative estimate of drug-likeness (QED) is 0.881. The molecule has 1 heterocycles. The van der Waals surface area contributed by atoms with Crippen LogP contribution in [0.1, 0.15) is 77.0 Å². The van der Waals surface area contributed by atoms with Crippen LogP contribution in [0.25, 0.3) is 0 Å². The Kier molecular flexibility index (Phi) is 5.24. The molecule has 0 aromatic heterocycles. The molecule has 2 aliphatic rings. The molecule has 0 saturated carbocycles. The number of benzene rings is 1.